The lowest BCUT2D eigenvalue weighted by atomic mass is 9.78. The molecule has 0 unspecified atom stereocenters. The molecule has 2 heterocycles. The van der Waals surface area contributed by atoms with E-state index >= 15 is 0 Å². The van der Waals surface area contributed by atoms with E-state index in [-0.39, 0.29) is 16.9 Å². The van der Waals surface area contributed by atoms with Gasteiger partial charge in [0.2, 0.25) is 5.91 Å². The molecule has 6 heteroatoms. The summed E-state index contributed by atoms with van der Waals surface area (Å²) in [6.07, 6.45) is 0.544. The first-order valence-corrected chi connectivity index (χ1v) is 9.97. The number of carbonyl (C=O) groups excluding carboxylic acids is 1. The monoisotopic (exact) mass is 394 g/mol. The van der Waals surface area contributed by atoms with Gasteiger partial charge < -0.3 is 14.7 Å². The highest BCUT2D eigenvalue weighted by Gasteiger charge is 2.51. The molecule has 1 spiro atoms. The number of hydrogen-bond acceptors (Lipinski definition) is 4. The number of aryl methyl sites for hydroxylation is 1. The molecule has 29 heavy (non-hydrogen) atoms. The highest BCUT2D eigenvalue weighted by Crippen LogP contribution is 2.42. The molecular weight excluding hydrogens is 368 g/mol. The van der Waals surface area contributed by atoms with Crippen molar-refractivity contribution in [1.82, 2.24) is 4.90 Å². The topological polar surface area (TPSA) is 70.1 Å². The van der Waals surface area contributed by atoms with E-state index in [2.05, 4.69) is 30.0 Å². The summed E-state index contributed by atoms with van der Waals surface area (Å²) in [5.41, 5.74) is 3.36. The number of aromatic carboxylic acids is 1. The summed E-state index contributed by atoms with van der Waals surface area (Å²) in [4.78, 5) is 27.8. The van der Waals surface area contributed by atoms with E-state index in [1.165, 1.54) is 5.56 Å². The molecule has 2 aromatic carbocycles. The Balaban J connectivity index is 1.38. The lowest BCUT2D eigenvalue weighted by Gasteiger charge is -2.47. The second-order valence-electron chi connectivity index (χ2n) is 8.19. The second kappa shape index (κ2) is 7.52. The Morgan fingerprint density at radius 2 is 1.86 bits per heavy atom. The molecule has 0 aromatic heterocycles. The van der Waals surface area contributed by atoms with Gasteiger partial charge >= 0.3 is 5.97 Å². The van der Waals surface area contributed by atoms with E-state index in [9.17, 15) is 9.59 Å². The molecule has 2 aliphatic rings. The van der Waals surface area contributed by atoms with E-state index < -0.39 is 5.97 Å². The normalized spacial score (nSPS) is 18.1. The molecule has 2 saturated heterocycles. The van der Waals surface area contributed by atoms with E-state index in [1.807, 2.05) is 6.92 Å². The van der Waals surface area contributed by atoms with Gasteiger partial charge in [0.15, 0.2) is 0 Å². The number of carboxylic acids is 1. The van der Waals surface area contributed by atoms with Crippen LogP contribution in [0.25, 0.3) is 0 Å². The molecule has 4 rings (SSSR count). The number of carboxylic acid groups (broad SMARTS) is 1. The molecule has 2 aromatic rings. The van der Waals surface area contributed by atoms with E-state index in [4.69, 9.17) is 9.84 Å². The Morgan fingerprint density at radius 3 is 2.52 bits per heavy atom. The van der Waals surface area contributed by atoms with Crippen LogP contribution in [0, 0.1) is 12.3 Å². The van der Waals surface area contributed by atoms with Gasteiger partial charge in [-0.05, 0) is 55.3 Å². The minimum atomic E-state index is -0.959. The summed E-state index contributed by atoms with van der Waals surface area (Å²) in [7, 11) is 0. The molecule has 0 atom stereocenters. The van der Waals surface area contributed by atoms with Gasteiger partial charge in [0, 0.05) is 43.7 Å². The SMILES string of the molecule is CCOc1cc(CN2CC3(CC(=O)N(c4ccc(C(=O)O)cc4)C3)C2)ccc1C. The minimum absolute atomic E-state index is 0.00397. The summed E-state index contributed by atoms with van der Waals surface area (Å²) in [6.45, 7) is 8.01. The van der Waals surface area contributed by atoms with E-state index in [0.717, 1.165) is 36.6 Å². The molecular formula is C23H26N2O4. The molecule has 0 aliphatic carbocycles. The zero-order valence-electron chi connectivity index (χ0n) is 16.9. The van der Waals surface area contributed by atoms with Gasteiger partial charge in [0.25, 0.3) is 0 Å². The van der Waals surface area contributed by atoms with Crippen molar-refractivity contribution < 1.29 is 19.4 Å². The maximum Gasteiger partial charge on any atom is 0.335 e. The van der Waals surface area contributed by atoms with Crippen molar-refractivity contribution in [2.75, 3.05) is 31.1 Å². The smallest absolute Gasteiger partial charge is 0.335 e. The Hall–Kier alpha value is -2.86. The number of carbonyl (C=O) groups is 2. The van der Waals surface area contributed by atoms with Crippen LogP contribution < -0.4 is 9.64 Å². The predicted octanol–water partition coefficient (Wildman–Crippen LogP) is 3.33. The highest BCUT2D eigenvalue weighted by molar-refractivity contribution is 5.97. The van der Waals surface area contributed by atoms with Crippen molar-refractivity contribution in [3.63, 3.8) is 0 Å². The first-order valence-electron chi connectivity index (χ1n) is 9.97. The Bertz CT molecular complexity index is 932. The average Bonchev–Trinajstić information content (AvgIpc) is 3.02. The maximum absolute atomic E-state index is 12.6. The van der Waals surface area contributed by atoms with Gasteiger partial charge in [-0.2, -0.15) is 0 Å². The molecule has 152 valence electrons. The number of ether oxygens (including phenoxy) is 1. The van der Waals surface area contributed by atoms with E-state index in [0.29, 0.717) is 19.6 Å². The third-order valence-corrected chi connectivity index (χ3v) is 5.82. The number of likely N-dealkylation sites (tertiary alicyclic amines) is 1. The Morgan fingerprint density at radius 1 is 1.14 bits per heavy atom. The fourth-order valence-corrected chi connectivity index (χ4v) is 4.45. The first kappa shape index (κ1) is 19.5. The summed E-state index contributed by atoms with van der Waals surface area (Å²) >= 11 is 0. The van der Waals surface area contributed by atoms with Crippen molar-refractivity contribution in [2.24, 2.45) is 5.41 Å². The summed E-state index contributed by atoms with van der Waals surface area (Å²) in [5.74, 6) is 0.0907. The van der Waals surface area contributed by atoms with Crippen LogP contribution in [0.5, 0.6) is 5.75 Å². The number of amides is 1. The van der Waals surface area contributed by atoms with Crippen LogP contribution in [0.15, 0.2) is 42.5 Å². The van der Waals surface area contributed by atoms with Gasteiger partial charge in [0.1, 0.15) is 5.75 Å². The van der Waals surface area contributed by atoms with Crippen molar-refractivity contribution >= 4 is 17.6 Å². The quantitative estimate of drug-likeness (QED) is 0.814. The molecule has 1 N–H and O–H groups in total. The number of rotatable bonds is 6. The molecule has 2 aliphatic heterocycles. The van der Waals surface area contributed by atoms with Gasteiger partial charge in [-0.25, -0.2) is 4.79 Å². The fraction of sp³-hybridized carbons (Fsp3) is 0.391. The Labute approximate surface area is 170 Å². The molecule has 6 nitrogen and oxygen atoms in total. The van der Waals surface area contributed by atoms with Crippen molar-refractivity contribution in [2.45, 2.75) is 26.8 Å². The molecule has 0 radical (unpaired) electrons. The van der Waals surface area contributed by atoms with Gasteiger partial charge in [0.05, 0.1) is 12.2 Å². The number of benzene rings is 2. The van der Waals surface area contributed by atoms with E-state index in [1.54, 1.807) is 29.2 Å². The molecule has 2 fully saturated rings. The van der Waals surface area contributed by atoms with Crippen LogP contribution in [0.4, 0.5) is 5.69 Å². The largest absolute Gasteiger partial charge is 0.494 e. The maximum atomic E-state index is 12.6. The van der Waals surface area contributed by atoms with Gasteiger partial charge in [-0.15, -0.1) is 0 Å². The zero-order valence-corrected chi connectivity index (χ0v) is 16.9. The van der Waals surface area contributed by atoms with Crippen LogP contribution in [0.1, 0.15) is 34.8 Å². The summed E-state index contributed by atoms with van der Waals surface area (Å²) in [6, 6.07) is 12.9. The van der Waals surface area contributed by atoms with Crippen LogP contribution in [0.3, 0.4) is 0 Å². The standard InChI is InChI=1S/C23H26N2O4/c1-3-29-20-10-17(5-4-16(20)2)12-24-13-23(14-24)11-21(26)25(15-23)19-8-6-18(7-9-19)22(27)28/h4-10H,3,11-15H2,1-2H3,(H,27,28). The van der Waals surface area contributed by atoms with Crippen LogP contribution in [0.2, 0.25) is 0 Å². The highest BCUT2D eigenvalue weighted by atomic mass is 16.5. The third kappa shape index (κ3) is 3.85. The lowest BCUT2D eigenvalue weighted by Crippen LogP contribution is -2.56. The lowest BCUT2D eigenvalue weighted by molar-refractivity contribution is -0.119. The zero-order chi connectivity index (χ0) is 20.6. The summed E-state index contributed by atoms with van der Waals surface area (Å²) in [5, 5.41) is 9.04. The van der Waals surface area contributed by atoms with Gasteiger partial charge in [-0.1, -0.05) is 12.1 Å². The van der Waals surface area contributed by atoms with Crippen molar-refractivity contribution in [1.29, 1.82) is 0 Å². The van der Waals surface area contributed by atoms with Gasteiger partial charge in [-0.3, -0.25) is 9.69 Å². The fourth-order valence-electron chi connectivity index (χ4n) is 4.45. The minimum Gasteiger partial charge on any atom is -0.494 e. The van der Waals surface area contributed by atoms with Crippen molar-refractivity contribution in [3.8, 4) is 5.75 Å². The molecule has 0 bridgehead atoms. The summed E-state index contributed by atoms with van der Waals surface area (Å²) < 4.78 is 5.70. The molecule has 0 saturated carbocycles. The van der Waals surface area contributed by atoms with Crippen LogP contribution in [-0.2, 0) is 11.3 Å². The van der Waals surface area contributed by atoms with Crippen molar-refractivity contribution in [3.05, 3.63) is 59.2 Å². The molecule has 1 amide bonds. The third-order valence-electron chi connectivity index (χ3n) is 5.82. The Kier molecular flexibility index (Phi) is 5.04. The first-order chi connectivity index (χ1) is 13.9. The predicted molar refractivity (Wildman–Crippen MR) is 110 cm³/mol. The number of anilines is 1. The van der Waals surface area contributed by atoms with Crippen LogP contribution in [-0.4, -0.2) is 48.1 Å². The number of hydrogen-bond donors (Lipinski definition) is 1. The second-order valence-corrected chi connectivity index (χ2v) is 8.19. The van der Waals surface area contributed by atoms with Crippen LogP contribution >= 0.6 is 0 Å². The average molecular weight is 394 g/mol. The number of nitrogens with zero attached hydrogens (tertiary/aromatic N) is 2.